The Hall–Kier alpha value is -0.0400. The Bertz CT molecular complexity index is 138. The number of rotatable bonds is 9. The van der Waals surface area contributed by atoms with Gasteiger partial charge in [0.25, 0.3) is 0 Å². The molecular weight excluding hydrogens is 182 g/mol. The Balaban J connectivity index is 3.40. The SMILES string of the molecule is CCCCC(C)(C)CCCCCC(C)N. The molecule has 0 aromatic rings. The van der Waals surface area contributed by atoms with Crippen LogP contribution in [0, 0.1) is 5.41 Å². The van der Waals surface area contributed by atoms with Gasteiger partial charge in [0.05, 0.1) is 0 Å². The molecule has 0 saturated carbocycles. The Labute approximate surface area is 96.8 Å². The molecular formula is C14H31N. The molecule has 1 atom stereocenters. The van der Waals surface area contributed by atoms with Crippen molar-refractivity contribution in [1.82, 2.24) is 0 Å². The summed E-state index contributed by atoms with van der Waals surface area (Å²) in [7, 11) is 0. The molecule has 0 radical (unpaired) electrons. The van der Waals surface area contributed by atoms with Crippen molar-refractivity contribution in [3.63, 3.8) is 0 Å². The quantitative estimate of drug-likeness (QED) is 0.561. The van der Waals surface area contributed by atoms with Crippen LogP contribution in [0.3, 0.4) is 0 Å². The zero-order chi connectivity index (χ0) is 11.7. The van der Waals surface area contributed by atoms with E-state index in [0.29, 0.717) is 11.5 Å². The lowest BCUT2D eigenvalue weighted by Gasteiger charge is -2.24. The monoisotopic (exact) mass is 213 g/mol. The van der Waals surface area contributed by atoms with Gasteiger partial charge in [0.2, 0.25) is 0 Å². The van der Waals surface area contributed by atoms with Gasteiger partial charge in [0.15, 0.2) is 0 Å². The Morgan fingerprint density at radius 3 is 2.13 bits per heavy atom. The fourth-order valence-electron chi connectivity index (χ4n) is 2.03. The summed E-state index contributed by atoms with van der Waals surface area (Å²) in [5.41, 5.74) is 6.29. The second-order valence-electron chi connectivity index (χ2n) is 5.84. The summed E-state index contributed by atoms with van der Waals surface area (Å²) in [6.07, 6.45) is 10.7. The topological polar surface area (TPSA) is 26.0 Å². The van der Waals surface area contributed by atoms with Crippen LogP contribution in [0.5, 0.6) is 0 Å². The highest BCUT2D eigenvalue weighted by atomic mass is 14.6. The van der Waals surface area contributed by atoms with Crippen LogP contribution in [0.4, 0.5) is 0 Å². The van der Waals surface area contributed by atoms with E-state index in [1.165, 1.54) is 51.4 Å². The Kier molecular flexibility index (Phi) is 8.13. The molecule has 0 amide bonds. The molecule has 1 nitrogen and oxygen atoms in total. The molecule has 92 valence electrons. The molecule has 0 bridgehead atoms. The van der Waals surface area contributed by atoms with Crippen molar-refractivity contribution < 1.29 is 0 Å². The summed E-state index contributed by atoms with van der Waals surface area (Å²) in [6, 6.07) is 0.387. The molecule has 0 fully saturated rings. The molecule has 0 rings (SSSR count). The smallest absolute Gasteiger partial charge is 0.00104 e. The second-order valence-corrected chi connectivity index (χ2v) is 5.84. The zero-order valence-electron chi connectivity index (χ0n) is 11.3. The third-order valence-corrected chi connectivity index (χ3v) is 3.22. The van der Waals surface area contributed by atoms with E-state index < -0.39 is 0 Å². The van der Waals surface area contributed by atoms with E-state index in [1.54, 1.807) is 0 Å². The van der Waals surface area contributed by atoms with Gasteiger partial charge in [-0.1, -0.05) is 52.9 Å². The van der Waals surface area contributed by atoms with Gasteiger partial charge in [-0.25, -0.2) is 0 Å². The molecule has 0 aliphatic carbocycles. The van der Waals surface area contributed by atoms with Crippen LogP contribution < -0.4 is 5.73 Å². The highest BCUT2D eigenvalue weighted by Gasteiger charge is 2.15. The van der Waals surface area contributed by atoms with Gasteiger partial charge in [-0.2, -0.15) is 0 Å². The molecule has 1 unspecified atom stereocenters. The van der Waals surface area contributed by atoms with Gasteiger partial charge in [-0.3, -0.25) is 0 Å². The number of hydrogen-bond donors (Lipinski definition) is 1. The van der Waals surface area contributed by atoms with E-state index in [4.69, 9.17) is 5.73 Å². The van der Waals surface area contributed by atoms with Crippen LogP contribution >= 0.6 is 0 Å². The highest BCUT2D eigenvalue weighted by Crippen LogP contribution is 2.29. The third-order valence-electron chi connectivity index (χ3n) is 3.22. The van der Waals surface area contributed by atoms with Crippen LogP contribution in [-0.4, -0.2) is 6.04 Å². The summed E-state index contributed by atoms with van der Waals surface area (Å²) in [6.45, 7) is 9.20. The van der Waals surface area contributed by atoms with Gasteiger partial charge in [-0.05, 0) is 31.6 Å². The summed E-state index contributed by atoms with van der Waals surface area (Å²) in [5, 5.41) is 0. The molecule has 15 heavy (non-hydrogen) atoms. The minimum absolute atomic E-state index is 0.387. The summed E-state index contributed by atoms with van der Waals surface area (Å²) < 4.78 is 0. The molecule has 0 saturated heterocycles. The van der Waals surface area contributed by atoms with E-state index in [2.05, 4.69) is 27.7 Å². The van der Waals surface area contributed by atoms with Gasteiger partial charge >= 0.3 is 0 Å². The van der Waals surface area contributed by atoms with Crippen LogP contribution in [0.2, 0.25) is 0 Å². The normalized spacial score (nSPS) is 14.2. The molecule has 0 heterocycles. The second kappa shape index (κ2) is 8.15. The standard InChI is InChI=1S/C14H31N/c1-5-6-11-14(3,4)12-9-7-8-10-13(2)15/h13H,5-12,15H2,1-4H3. The van der Waals surface area contributed by atoms with Gasteiger partial charge < -0.3 is 5.73 Å². The fraction of sp³-hybridized carbons (Fsp3) is 1.00. The van der Waals surface area contributed by atoms with Crippen molar-refractivity contribution in [2.75, 3.05) is 0 Å². The number of hydrogen-bond acceptors (Lipinski definition) is 1. The highest BCUT2D eigenvalue weighted by molar-refractivity contribution is 4.68. The van der Waals surface area contributed by atoms with E-state index in [9.17, 15) is 0 Å². The first kappa shape index (κ1) is 15.0. The van der Waals surface area contributed by atoms with Gasteiger partial charge in [0, 0.05) is 6.04 Å². The van der Waals surface area contributed by atoms with E-state index in [-0.39, 0.29) is 0 Å². The van der Waals surface area contributed by atoms with E-state index >= 15 is 0 Å². The van der Waals surface area contributed by atoms with Gasteiger partial charge in [0.1, 0.15) is 0 Å². The maximum absolute atomic E-state index is 5.73. The zero-order valence-corrected chi connectivity index (χ0v) is 11.3. The average molecular weight is 213 g/mol. The third kappa shape index (κ3) is 10.2. The summed E-state index contributed by atoms with van der Waals surface area (Å²) >= 11 is 0. The van der Waals surface area contributed by atoms with Crippen molar-refractivity contribution in [3.05, 3.63) is 0 Å². The van der Waals surface area contributed by atoms with Crippen molar-refractivity contribution in [2.45, 2.75) is 85.1 Å². The predicted molar refractivity (Wildman–Crippen MR) is 70.0 cm³/mol. The fourth-order valence-corrected chi connectivity index (χ4v) is 2.03. The van der Waals surface area contributed by atoms with Crippen molar-refractivity contribution in [2.24, 2.45) is 11.1 Å². The van der Waals surface area contributed by atoms with E-state index in [1.807, 2.05) is 0 Å². The maximum Gasteiger partial charge on any atom is 0.00104 e. The first-order valence-corrected chi connectivity index (χ1v) is 6.73. The minimum atomic E-state index is 0.387. The van der Waals surface area contributed by atoms with Crippen LogP contribution in [0.1, 0.15) is 79.1 Å². The van der Waals surface area contributed by atoms with Crippen molar-refractivity contribution in [3.8, 4) is 0 Å². The molecule has 0 aliphatic rings. The van der Waals surface area contributed by atoms with Crippen molar-refractivity contribution >= 4 is 0 Å². The molecule has 0 spiro atoms. The molecule has 0 aromatic carbocycles. The first-order valence-electron chi connectivity index (χ1n) is 6.73. The molecule has 0 aliphatic heterocycles. The van der Waals surface area contributed by atoms with E-state index in [0.717, 1.165) is 0 Å². The van der Waals surface area contributed by atoms with Crippen LogP contribution in [-0.2, 0) is 0 Å². The first-order chi connectivity index (χ1) is 6.98. The lowest BCUT2D eigenvalue weighted by atomic mass is 9.82. The van der Waals surface area contributed by atoms with Gasteiger partial charge in [-0.15, -0.1) is 0 Å². The maximum atomic E-state index is 5.73. The minimum Gasteiger partial charge on any atom is -0.328 e. The molecule has 1 heteroatoms. The summed E-state index contributed by atoms with van der Waals surface area (Å²) in [5.74, 6) is 0. The number of nitrogens with two attached hydrogens (primary N) is 1. The molecule has 0 aromatic heterocycles. The number of unbranched alkanes of at least 4 members (excludes halogenated alkanes) is 3. The van der Waals surface area contributed by atoms with Crippen LogP contribution in [0.25, 0.3) is 0 Å². The van der Waals surface area contributed by atoms with Crippen molar-refractivity contribution in [1.29, 1.82) is 0 Å². The molecule has 2 N–H and O–H groups in total. The largest absolute Gasteiger partial charge is 0.328 e. The Morgan fingerprint density at radius 2 is 1.60 bits per heavy atom. The lowest BCUT2D eigenvalue weighted by molar-refractivity contribution is 0.285. The Morgan fingerprint density at radius 1 is 1.00 bits per heavy atom. The summed E-state index contributed by atoms with van der Waals surface area (Å²) in [4.78, 5) is 0. The van der Waals surface area contributed by atoms with Crippen LogP contribution in [0.15, 0.2) is 0 Å². The lowest BCUT2D eigenvalue weighted by Crippen LogP contribution is -2.14. The predicted octanol–water partition coefficient (Wildman–Crippen LogP) is 4.50. The average Bonchev–Trinajstić information content (AvgIpc) is 2.14.